The van der Waals surface area contributed by atoms with Crippen LogP contribution in [0.3, 0.4) is 0 Å². The van der Waals surface area contributed by atoms with E-state index in [1.54, 1.807) is 30.6 Å². The standard InChI is InChI=1S/C23H18ClF2N5O3/c1-33-11-12-7-16(34-2)19(26)21(18(12)25)30-10-13-8-29-22-15(5-6-27-22)20(13)31(23(30)32)17-4-3-14(24)9-28-17/h3-9H,10-11H2,1-2H3,(H,27,29). The molecule has 0 bridgehead atoms. The molecule has 174 valence electrons. The van der Waals surface area contributed by atoms with Crippen LogP contribution in [0.4, 0.5) is 30.8 Å². The topological polar surface area (TPSA) is 83.6 Å². The molecule has 1 aliphatic rings. The van der Waals surface area contributed by atoms with Crippen LogP contribution in [0.2, 0.25) is 5.02 Å². The Labute approximate surface area is 197 Å². The number of anilines is 3. The number of methoxy groups -OCH3 is 2. The number of hydrogen-bond donors (Lipinski definition) is 1. The summed E-state index contributed by atoms with van der Waals surface area (Å²) in [5.74, 6) is -1.90. The van der Waals surface area contributed by atoms with Crippen molar-refractivity contribution < 1.29 is 23.0 Å². The summed E-state index contributed by atoms with van der Waals surface area (Å²) >= 11 is 6.00. The fraction of sp³-hybridized carbons (Fsp3) is 0.174. The van der Waals surface area contributed by atoms with E-state index in [0.29, 0.717) is 27.3 Å². The van der Waals surface area contributed by atoms with Crippen molar-refractivity contribution in [2.75, 3.05) is 24.0 Å². The zero-order valence-corrected chi connectivity index (χ0v) is 18.9. The van der Waals surface area contributed by atoms with Gasteiger partial charge in [-0.05, 0) is 24.3 Å². The van der Waals surface area contributed by atoms with Crippen molar-refractivity contribution in [3.8, 4) is 5.75 Å². The van der Waals surface area contributed by atoms with Gasteiger partial charge in [-0.3, -0.25) is 4.90 Å². The number of urea groups is 1. The minimum atomic E-state index is -1.00. The van der Waals surface area contributed by atoms with E-state index in [0.717, 1.165) is 4.90 Å². The van der Waals surface area contributed by atoms with Gasteiger partial charge in [0, 0.05) is 42.2 Å². The molecule has 1 aliphatic heterocycles. The Morgan fingerprint density at radius 2 is 1.94 bits per heavy atom. The lowest BCUT2D eigenvalue weighted by atomic mass is 10.1. The first kappa shape index (κ1) is 22.1. The van der Waals surface area contributed by atoms with Crippen LogP contribution in [0.1, 0.15) is 11.1 Å². The summed E-state index contributed by atoms with van der Waals surface area (Å²) in [4.78, 5) is 27.8. The van der Waals surface area contributed by atoms with E-state index in [1.807, 2.05) is 0 Å². The summed E-state index contributed by atoms with van der Waals surface area (Å²) in [5, 5.41) is 1.04. The molecule has 0 radical (unpaired) electrons. The number of ether oxygens (including phenoxy) is 2. The third kappa shape index (κ3) is 3.42. The molecular weight excluding hydrogens is 468 g/mol. The Balaban J connectivity index is 1.75. The number of amides is 2. The maximum absolute atomic E-state index is 15.5. The van der Waals surface area contributed by atoms with Crippen LogP contribution in [0.15, 0.2) is 42.9 Å². The van der Waals surface area contributed by atoms with Crippen LogP contribution < -0.4 is 14.5 Å². The van der Waals surface area contributed by atoms with Crippen LogP contribution in [0.5, 0.6) is 5.75 Å². The minimum Gasteiger partial charge on any atom is -0.494 e. The average molecular weight is 486 g/mol. The van der Waals surface area contributed by atoms with Gasteiger partial charge in [-0.15, -0.1) is 0 Å². The smallest absolute Gasteiger partial charge is 0.335 e. The first-order valence-corrected chi connectivity index (χ1v) is 10.5. The second-order valence-corrected chi connectivity index (χ2v) is 7.99. The van der Waals surface area contributed by atoms with Crippen molar-refractivity contribution in [3.05, 3.63) is 70.6 Å². The molecule has 0 unspecified atom stereocenters. The first-order valence-electron chi connectivity index (χ1n) is 10.2. The van der Waals surface area contributed by atoms with Gasteiger partial charge >= 0.3 is 6.03 Å². The molecule has 11 heteroatoms. The van der Waals surface area contributed by atoms with E-state index in [9.17, 15) is 4.79 Å². The number of carbonyl (C=O) groups is 1. The van der Waals surface area contributed by atoms with Gasteiger partial charge in [-0.25, -0.2) is 28.4 Å². The number of carbonyl (C=O) groups excluding carboxylic acids is 1. The predicted molar refractivity (Wildman–Crippen MR) is 123 cm³/mol. The number of aromatic amines is 1. The normalized spacial score (nSPS) is 13.5. The van der Waals surface area contributed by atoms with E-state index in [1.165, 1.54) is 31.4 Å². The summed E-state index contributed by atoms with van der Waals surface area (Å²) in [6, 6.07) is 5.42. The fourth-order valence-corrected chi connectivity index (χ4v) is 4.16. The van der Waals surface area contributed by atoms with Gasteiger partial charge < -0.3 is 14.5 Å². The van der Waals surface area contributed by atoms with Crippen molar-refractivity contribution in [2.45, 2.75) is 13.2 Å². The molecule has 5 rings (SSSR count). The number of pyridine rings is 2. The summed E-state index contributed by atoms with van der Waals surface area (Å²) < 4.78 is 41.1. The third-order valence-corrected chi connectivity index (χ3v) is 5.78. The zero-order chi connectivity index (χ0) is 24.0. The highest BCUT2D eigenvalue weighted by atomic mass is 35.5. The lowest BCUT2D eigenvalue weighted by Gasteiger charge is -2.37. The molecule has 0 fully saturated rings. The van der Waals surface area contributed by atoms with Gasteiger partial charge in [0.15, 0.2) is 17.4 Å². The molecule has 0 spiro atoms. The van der Waals surface area contributed by atoms with E-state index >= 15 is 8.78 Å². The maximum atomic E-state index is 15.5. The molecule has 4 aromatic rings. The van der Waals surface area contributed by atoms with Gasteiger partial charge in [0.05, 0.1) is 31.0 Å². The molecule has 1 N–H and O–H groups in total. The lowest BCUT2D eigenvalue weighted by molar-refractivity contribution is 0.181. The van der Waals surface area contributed by atoms with E-state index in [4.69, 9.17) is 21.1 Å². The molecule has 8 nitrogen and oxygen atoms in total. The quantitative estimate of drug-likeness (QED) is 0.413. The summed E-state index contributed by atoms with van der Waals surface area (Å²) in [6.45, 7) is -0.262. The molecule has 0 saturated heterocycles. The first-order chi connectivity index (χ1) is 16.4. The van der Waals surface area contributed by atoms with Crippen LogP contribution in [-0.4, -0.2) is 35.2 Å². The number of H-pyrrole nitrogens is 1. The van der Waals surface area contributed by atoms with Gasteiger partial charge in [-0.1, -0.05) is 11.6 Å². The van der Waals surface area contributed by atoms with Gasteiger partial charge in [0.1, 0.15) is 17.2 Å². The SMILES string of the molecule is COCc1cc(OC)c(F)c(N2Cc3cnc4[nH]ccc4c3N(c3ccc(Cl)cn3)C2=O)c1F. The van der Waals surface area contributed by atoms with Crippen molar-refractivity contribution in [1.29, 1.82) is 0 Å². The predicted octanol–water partition coefficient (Wildman–Crippen LogP) is 5.32. The van der Waals surface area contributed by atoms with E-state index in [-0.39, 0.29) is 30.3 Å². The number of hydrogen-bond acceptors (Lipinski definition) is 5. The van der Waals surface area contributed by atoms with Crippen molar-refractivity contribution in [1.82, 2.24) is 15.0 Å². The van der Waals surface area contributed by atoms with Gasteiger partial charge in [0.25, 0.3) is 0 Å². The van der Waals surface area contributed by atoms with E-state index in [2.05, 4.69) is 15.0 Å². The Bertz CT molecular complexity index is 1410. The monoisotopic (exact) mass is 485 g/mol. The third-order valence-electron chi connectivity index (χ3n) is 5.56. The summed E-state index contributed by atoms with van der Waals surface area (Å²) in [6.07, 6.45) is 4.64. The molecular formula is C23H18ClF2N5O3. The molecule has 0 aliphatic carbocycles. The highest BCUT2D eigenvalue weighted by Crippen LogP contribution is 2.43. The van der Waals surface area contributed by atoms with Gasteiger partial charge in [0.2, 0.25) is 0 Å². The molecule has 4 heterocycles. The Morgan fingerprint density at radius 3 is 2.65 bits per heavy atom. The maximum Gasteiger partial charge on any atom is 0.335 e. The van der Waals surface area contributed by atoms with Crippen LogP contribution in [0, 0.1) is 11.6 Å². The summed E-state index contributed by atoms with van der Waals surface area (Å²) in [5.41, 5.74) is 1.14. The molecule has 0 saturated carbocycles. The molecule has 34 heavy (non-hydrogen) atoms. The summed E-state index contributed by atoms with van der Waals surface area (Å²) in [7, 11) is 2.65. The number of benzene rings is 1. The number of fused-ring (bicyclic) bond motifs is 3. The van der Waals surface area contributed by atoms with Crippen LogP contribution in [0.25, 0.3) is 11.0 Å². The zero-order valence-electron chi connectivity index (χ0n) is 18.1. The second kappa shape index (κ2) is 8.54. The van der Waals surface area contributed by atoms with Gasteiger partial charge in [-0.2, -0.15) is 0 Å². The molecule has 2 amide bonds. The lowest BCUT2D eigenvalue weighted by Crippen LogP contribution is -2.46. The van der Waals surface area contributed by atoms with E-state index < -0.39 is 23.4 Å². The highest BCUT2D eigenvalue weighted by molar-refractivity contribution is 6.30. The molecule has 0 atom stereocenters. The Morgan fingerprint density at radius 1 is 1.12 bits per heavy atom. The number of aromatic nitrogens is 3. The highest BCUT2D eigenvalue weighted by Gasteiger charge is 2.38. The number of nitrogens with zero attached hydrogens (tertiary/aromatic N) is 4. The second-order valence-electron chi connectivity index (χ2n) is 7.56. The largest absolute Gasteiger partial charge is 0.494 e. The fourth-order valence-electron chi connectivity index (χ4n) is 4.05. The van der Waals surface area contributed by atoms with Crippen LogP contribution >= 0.6 is 11.6 Å². The molecule has 3 aromatic heterocycles. The van der Waals surface area contributed by atoms with Crippen LogP contribution in [-0.2, 0) is 17.9 Å². The Kier molecular flexibility index (Phi) is 5.54. The average Bonchev–Trinajstić information content (AvgIpc) is 3.31. The van der Waals surface area contributed by atoms with Crippen molar-refractivity contribution in [2.24, 2.45) is 0 Å². The number of nitrogens with one attached hydrogen (secondary N) is 1. The minimum absolute atomic E-state index is 0.0460. The number of rotatable bonds is 5. The van der Waals surface area contributed by atoms with Crippen molar-refractivity contribution >= 4 is 45.9 Å². The number of halogens is 3. The molecule has 1 aromatic carbocycles. The van der Waals surface area contributed by atoms with Crippen molar-refractivity contribution in [3.63, 3.8) is 0 Å². The Hall–Kier alpha value is -3.76.